The van der Waals surface area contributed by atoms with Gasteiger partial charge in [-0.05, 0) is 70.2 Å². The van der Waals surface area contributed by atoms with Crippen LogP contribution in [0.3, 0.4) is 0 Å². The minimum absolute atomic E-state index is 0.00543. The van der Waals surface area contributed by atoms with Crippen LogP contribution in [0.15, 0.2) is 206 Å². The molecule has 6 rings (SSSR count). The van der Waals surface area contributed by atoms with Crippen molar-refractivity contribution in [2.24, 2.45) is 11.8 Å². The van der Waals surface area contributed by atoms with E-state index in [1.54, 1.807) is 72.8 Å². The molecule has 0 radical (unpaired) electrons. The van der Waals surface area contributed by atoms with Crippen molar-refractivity contribution in [1.82, 2.24) is 21.3 Å². The largest absolute Gasteiger partial charge is 0.445 e. The van der Waals surface area contributed by atoms with Gasteiger partial charge in [-0.15, -0.1) is 0 Å². The predicted octanol–water partition coefficient (Wildman–Crippen LogP) is 11.1. The Balaban J connectivity index is 1.40. The molecule has 0 aliphatic heterocycles. The summed E-state index contributed by atoms with van der Waals surface area (Å²) in [6.07, 6.45) is 2.41. The Bertz CT molecular complexity index is 2660. The van der Waals surface area contributed by atoms with E-state index in [0.717, 1.165) is 22.3 Å². The Hall–Kier alpha value is -7.77. The maximum absolute atomic E-state index is 15.9. The monoisotopic (exact) mass is 1000 g/mol. The molecule has 0 heterocycles. The van der Waals surface area contributed by atoms with E-state index in [9.17, 15) is 19.2 Å². The van der Waals surface area contributed by atoms with Gasteiger partial charge in [0.1, 0.15) is 35.8 Å². The number of ether oxygens (including phenoxy) is 2. The maximum atomic E-state index is 15.9. The predicted molar refractivity (Wildman–Crippen MR) is 286 cm³/mol. The third kappa shape index (κ3) is 17.8. The molecular weight excluding hydrogens is 937 g/mol. The number of amides is 4. The first-order valence-corrected chi connectivity index (χ1v) is 26.2. The van der Waals surface area contributed by atoms with Crippen LogP contribution in [0.4, 0.5) is 9.59 Å². The minimum Gasteiger partial charge on any atom is -0.445 e. The van der Waals surface area contributed by atoms with Crippen LogP contribution in [0.1, 0.15) is 84.4 Å². The van der Waals surface area contributed by atoms with E-state index in [-0.39, 0.29) is 62.1 Å². The lowest BCUT2D eigenvalue weighted by atomic mass is 10.0. The molecule has 0 fully saturated rings. The lowest BCUT2D eigenvalue weighted by molar-refractivity contribution is -0.123. The Morgan fingerprint density at radius 3 is 1.03 bits per heavy atom. The highest BCUT2D eigenvalue weighted by Crippen LogP contribution is 2.38. The highest BCUT2D eigenvalue weighted by molar-refractivity contribution is 7.92. The molecule has 4 N–H and O–H groups in total. The second-order valence-corrected chi connectivity index (χ2v) is 20.9. The van der Waals surface area contributed by atoms with Gasteiger partial charge in [-0.2, -0.15) is 0 Å². The summed E-state index contributed by atoms with van der Waals surface area (Å²) in [5.74, 6) is -1.12. The van der Waals surface area contributed by atoms with Crippen molar-refractivity contribution >= 4 is 33.8 Å². The molecule has 0 spiro atoms. The molecule has 6 aromatic rings. The maximum Gasteiger partial charge on any atom is 0.408 e. The first-order valence-electron chi connectivity index (χ1n) is 24.6. The number of alkyl carbamates (subject to hydrolysis) is 2. The van der Waals surface area contributed by atoms with E-state index in [2.05, 4.69) is 21.3 Å². The molecule has 12 nitrogen and oxygen atoms in total. The van der Waals surface area contributed by atoms with E-state index in [4.69, 9.17) is 9.47 Å². The number of carbonyl (C=O) groups is 4. The van der Waals surface area contributed by atoms with Gasteiger partial charge in [-0.25, -0.2) is 18.0 Å². The smallest absolute Gasteiger partial charge is 0.408 e. The van der Waals surface area contributed by atoms with Crippen LogP contribution >= 0.6 is 0 Å². The average Bonchev–Trinajstić information content (AvgIpc) is 3.39. The second kappa shape index (κ2) is 27.7. The number of sulfone groups is 1. The van der Waals surface area contributed by atoms with E-state index < -0.39 is 56.4 Å². The van der Waals surface area contributed by atoms with Crippen LogP contribution in [-0.4, -0.2) is 44.5 Å². The fourth-order valence-corrected chi connectivity index (χ4v) is 10.3. The van der Waals surface area contributed by atoms with Crippen LogP contribution in [-0.2, 0) is 55.0 Å². The molecule has 6 aromatic carbocycles. The van der Waals surface area contributed by atoms with E-state index in [1.165, 1.54) is 0 Å². The molecule has 0 saturated carbocycles. The quantitative estimate of drug-likeness (QED) is 0.0464. The summed E-state index contributed by atoms with van der Waals surface area (Å²) in [6.45, 7) is 7.75. The first kappa shape index (κ1) is 54.6. The zero-order valence-corrected chi connectivity index (χ0v) is 42.7. The van der Waals surface area contributed by atoms with Gasteiger partial charge in [0, 0.05) is 24.2 Å². The van der Waals surface area contributed by atoms with Crippen molar-refractivity contribution in [2.45, 2.75) is 89.2 Å². The zero-order chi connectivity index (χ0) is 52.0. The van der Waals surface area contributed by atoms with Gasteiger partial charge in [0.25, 0.3) is 0 Å². The van der Waals surface area contributed by atoms with Gasteiger partial charge in [-0.3, -0.25) is 9.59 Å². The molecule has 0 aromatic heterocycles. The van der Waals surface area contributed by atoms with Crippen molar-refractivity contribution < 1.29 is 37.1 Å². The summed E-state index contributed by atoms with van der Waals surface area (Å²) in [6, 6.07) is 52.6. The van der Waals surface area contributed by atoms with Gasteiger partial charge >= 0.3 is 12.2 Å². The van der Waals surface area contributed by atoms with Crippen molar-refractivity contribution in [1.29, 1.82) is 0 Å². The fraction of sp³-hybridized carbons (Fsp3) is 0.267. The molecule has 380 valence electrons. The number of allylic oxidation sites excluding steroid dienone is 2. The summed E-state index contributed by atoms with van der Waals surface area (Å²) < 4.78 is 42.9. The number of rotatable bonds is 24. The average molecular weight is 1000 g/mol. The molecule has 0 aliphatic carbocycles. The lowest BCUT2D eigenvalue weighted by Gasteiger charge is -2.26. The highest BCUT2D eigenvalue weighted by Gasteiger charge is 2.36. The van der Waals surface area contributed by atoms with Crippen LogP contribution < -0.4 is 21.3 Å². The number of benzene rings is 6. The molecule has 0 bridgehead atoms. The molecule has 13 heteroatoms. The molecular formula is C60H66N4O8S. The van der Waals surface area contributed by atoms with Gasteiger partial charge < -0.3 is 30.7 Å². The highest BCUT2D eigenvalue weighted by atomic mass is 32.2. The Morgan fingerprint density at radius 1 is 0.438 bits per heavy atom. The second-order valence-electron chi connectivity index (χ2n) is 18.7. The third-order valence-corrected chi connectivity index (χ3v) is 14.0. The summed E-state index contributed by atoms with van der Waals surface area (Å²) in [4.78, 5) is 55.4. The van der Waals surface area contributed by atoms with Crippen molar-refractivity contribution in [2.75, 3.05) is 0 Å². The number of hydrogen-bond donors (Lipinski definition) is 4. The van der Waals surface area contributed by atoms with Gasteiger partial charge in [0.05, 0.1) is 0 Å². The SMILES string of the molecule is CC(C)C[C@H](NC(=O)OCc1ccccc1)C(=O)NC(=CC(c1ccccc1)S(=O)(=O)C(C=C(Cc1ccccc1)NC(=O)[C@H](CC(C)C)NC(=O)OCc1ccccc1)c1ccccc1)Cc1ccccc1. The van der Waals surface area contributed by atoms with Crippen molar-refractivity contribution in [3.05, 3.63) is 239 Å². The summed E-state index contributed by atoms with van der Waals surface area (Å²) >= 11 is 0. The lowest BCUT2D eigenvalue weighted by Crippen LogP contribution is -2.47. The molecule has 4 amide bonds. The normalized spacial score (nSPS) is 13.5. The first-order chi connectivity index (χ1) is 35.2. The Morgan fingerprint density at radius 2 is 0.726 bits per heavy atom. The van der Waals surface area contributed by atoms with Crippen molar-refractivity contribution in [3.8, 4) is 0 Å². The van der Waals surface area contributed by atoms with Gasteiger partial charge in [-0.1, -0.05) is 210 Å². The molecule has 4 atom stereocenters. The number of carbonyl (C=O) groups excluding carboxylic acids is 4. The van der Waals surface area contributed by atoms with E-state index in [0.29, 0.717) is 11.1 Å². The molecule has 73 heavy (non-hydrogen) atoms. The summed E-state index contributed by atoms with van der Waals surface area (Å²) in [7, 11) is -4.43. The van der Waals surface area contributed by atoms with Crippen LogP contribution in [0.25, 0.3) is 0 Å². The van der Waals surface area contributed by atoms with Crippen LogP contribution in [0.2, 0.25) is 0 Å². The minimum atomic E-state index is -4.43. The molecule has 2 unspecified atom stereocenters. The standard InChI is InChI=1S/C60H66N4O8S/c1-43(2)35-53(63-59(67)71-41-47-27-15-7-16-28-47)57(65)61-51(37-45-23-11-5-12-24-45)39-55(49-31-19-9-20-32-49)73(69,70)56(50-33-21-10-22-34-50)40-52(38-46-25-13-6-14-26-46)62-58(66)54(36-44(3)4)64-60(68)72-42-48-29-17-8-18-30-48/h5-34,39-40,43-44,53-56H,35-38,41-42H2,1-4H3,(H,61,65)(H,62,66)(H,63,67)(H,64,68)/t53-,54-,55?,56?/m0/s1. The Labute approximate surface area is 430 Å². The van der Waals surface area contributed by atoms with Crippen molar-refractivity contribution in [3.63, 3.8) is 0 Å². The van der Waals surface area contributed by atoms with E-state index >= 15 is 8.42 Å². The van der Waals surface area contributed by atoms with Gasteiger partial charge in [0.15, 0.2) is 9.84 Å². The number of nitrogens with one attached hydrogen (secondary N) is 4. The topological polar surface area (TPSA) is 169 Å². The number of hydrogen-bond acceptors (Lipinski definition) is 8. The van der Waals surface area contributed by atoms with E-state index in [1.807, 2.05) is 149 Å². The third-order valence-electron chi connectivity index (χ3n) is 11.8. The zero-order valence-electron chi connectivity index (χ0n) is 41.9. The Kier molecular flexibility index (Phi) is 20.7. The van der Waals surface area contributed by atoms with Crippen LogP contribution in [0.5, 0.6) is 0 Å². The summed E-state index contributed by atoms with van der Waals surface area (Å²) in [5.41, 5.74) is 4.61. The van der Waals surface area contributed by atoms with Crippen LogP contribution in [0, 0.1) is 11.8 Å². The molecule has 0 aliphatic rings. The van der Waals surface area contributed by atoms with Gasteiger partial charge in [0.2, 0.25) is 11.8 Å². The summed E-state index contributed by atoms with van der Waals surface area (Å²) in [5, 5.41) is 8.85. The molecule has 0 saturated heterocycles. The fourth-order valence-electron chi connectivity index (χ4n) is 8.20.